The van der Waals surface area contributed by atoms with E-state index in [9.17, 15) is 99.9 Å². The van der Waals surface area contributed by atoms with E-state index in [1.54, 1.807) is 0 Å². The number of carbonyl (C=O) groups is 1. The van der Waals surface area contributed by atoms with Gasteiger partial charge < -0.3 is 25.8 Å². The quantitative estimate of drug-likeness (QED) is 0.00541. The van der Waals surface area contributed by atoms with Crippen LogP contribution in [0.25, 0.3) is 27.2 Å². The summed E-state index contributed by atoms with van der Waals surface area (Å²) in [5.74, 6) is -4.68. The highest BCUT2D eigenvalue weighted by Gasteiger charge is 2.31. The highest BCUT2D eigenvalue weighted by atomic mass is 32.2. The normalized spacial score (nSPS) is 12.8. The number of fused-ring (bicyclic) bond motifs is 2. The Morgan fingerprint density at radius 1 is 0.593 bits per heavy atom. The smallest absolute Gasteiger partial charge is 0.356 e. The standard InChI is InChI=1S/C43H30N12O29S7/c1-80-27-15-26(55(61)62)28(85-83-81-63)13-24(27)48-50-35-29(86-84-82-64)11-21-30(88(68,69)70)14-25(34(44)33(21)40(35)57)49-47-23-9-7-19-20(41(23)91(77,78)79)12-32(90(74,75)76)36(39(19)56)51-45-16-2-8-22(31(10-16)89(71,72)73)46-52-37-38(43(59)60)53-54(42(37)58)17-3-5-18(6-4-17)87(65,66)67/h2-15,53,56-57,63-64H,44H2,1H3,(H,59,60)(H,65,66,67)(H,68,69,70)(H,71,72,73)(H,74,75,76)(H,77,78,79). The van der Waals surface area contributed by atoms with Crippen molar-refractivity contribution in [2.24, 2.45) is 40.9 Å². The van der Waals surface area contributed by atoms with Gasteiger partial charge in [0.2, 0.25) is 0 Å². The summed E-state index contributed by atoms with van der Waals surface area (Å²) in [6.45, 7) is 0. The summed E-state index contributed by atoms with van der Waals surface area (Å²) in [6.07, 6.45) is 0. The number of phenols is 2. The molecule has 0 spiro atoms. The molecule has 0 amide bonds. The highest BCUT2D eigenvalue weighted by Crippen LogP contribution is 2.52. The van der Waals surface area contributed by atoms with Crippen molar-refractivity contribution in [1.82, 2.24) is 9.78 Å². The third-order valence-corrected chi connectivity index (χ3v) is 17.5. The van der Waals surface area contributed by atoms with Crippen LogP contribution in [0.15, 0.2) is 165 Å². The number of methoxy groups -OCH3 is 1. The van der Waals surface area contributed by atoms with E-state index in [0.717, 1.165) is 67.8 Å². The van der Waals surface area contributed by atoms with E-state index < -0.39 is 186 Å². The number of carboxylic acids is 1. The van der Waals surface area contributed by atoms with Crippen LogP contribution in [-0.4, -0.2) is 118 Å². The van der Waals surface area contributed by atoms with Gasteiger partial charge in [-0.3, -0.25) is 42.8 Å². The molecule has 1 aromatic heterocycles. The molecule has 8 aromatic rings. The lowest BCUT2D eigenvalue weighted by atomic mass is 10.0. The molecule has 0 aliphatic rings. The molecular formula is C43H30N12O29S7. The number of aromatic carboxylic acids is 1. The molecule has 8 rings (SSSR count). The second kappa shape index (κ2) is 25.8. The first kappa shape index (κ1) is 67.5. The molecule has 478 valence electrons. The van der Waals surface area contributed by atoms with Crippen molar-refractivity contribution in [3.05, 3.63) is 111 Å². The third-order valence-electron chi connectivity index (χ3n) is 11.8. The van der Waals surface area contributed by atoms with Crippen molar-refractivity contribution in [2.75, 3.05) is 12.8 Å². The van der Waals surface area contributed by atoms with Gasteiger partial charge in [0.05, 0.1) is 74.4 Å². The van der Waals surface area contributed by atoms with Crippen LogP contribution in [0, 0.1) is 10.1 Å². The fraction of sp³-hybridized carbons (Fsp3) is 0.0233. The van der Waals surface area contributed by atoms with Gasteiger partial charge in [-0.25, -0.2) is 20.0 Å². The van der Waals surface area contributed by atoms with Crippen molar-refractivity contribution in [3.63, 3.8) is 0 Å². The second-order valence-corrected chi connectivity index (χ2v) is 25.6. The molecule has 0 bridgehead atoms. The van der Waals surface area contributed by atoms with Crippen LogP contribution in [0.1, 0.15) is 10.5 Å². The van der Waals surface area contributed by atoms with Gasteiger partial charge in [-0.1, -0.05) is 10.1 Å². The lowest BCUT2D eigenvalue weighted by Gasteiger charge is -2.15. The largest absolute Gasteiger partial charge is 0.505 e. The lowest BCUT2D eigenvalue weighted by Crippen LogP contribution is -2.14. The molecule has 0 radical (unpaired) electrons. The SMILES string of the molecule is COc1cc([N+](=O)[O-])c(SOOO)cc1N=Nc1c(SOOO)cc2c(S(=O)(=O)O)cc(N=Nc3ccc4c(O)c(N=Nc5ccc(N=Nc6c(C(=O)O)[nH]n(-c7ccc(S(=O)(=O)O)cc7)c6=O)c(S(=O)(=O)O)c5)c(S(=O)(=O)O)cc4c3S(=O)(=O)O)c(N)c2c1O. The van der Waals surface area contributed by atoms with E-state index in [0.29, 0.717) is 28.9 Å². The van der Waals surface area contributed by atoms with Crippen molar-refractivity contribution in [2.45, 2.75) is 34.3 Å². The zero-order valence-electron chi connectivity index (χ0n) is 43.7. The molecule has 0 saturated carbocycles. The first-order valence-corrected chi connectivity index (χ1v) is 31.7. The maximum absolute atomic E-state index is 13.3. The monoisotopic (exact) mass is 1400 g/mol. The molecular weight excluding hydrogens is 1370 g/mol. The number of azo groups is 4. The van der Waals surface area contributed by atoms with E-state index in [2.05, 4.69) is 64.8 Å². The number of H-pyrrole nitrogens is 1. The predicted molar refractivity (Wildman–Crippen MR) is 302 cm³/mol. The van der Waals surface area contributed by atoms with Crippen LogP contribution in [0.2, 0.25) is 0 Å². The Morgan fingerprint density at radius 3 is 1.74 bits per heavy atom. The van der Waals surface area contributed by atoms with Crippen molar-refractivity contribution < 1.29 is 124 Å². The Labute approximate surface area is 512 Å². The first-order chi connectivity index (χ1) is 42.5. The number of nitrogens with two attached hydrogens (primary N) is 1. The average Bonchev–Trinajstić information content (AvgIpc) is 1.38. The van der Waals surface area contributed by atoms with Crippen molar-refractivity contribution in [3.8, 4) is 22.9 Å². The van der Waals surface area contributed by atoms with Crippen LogP contribution >= 0.6 is 24.1 Å². The lowest BCUT2D eigenvalue weighted by molar-refractivity contribution is -0.432. The number of carboxylic acid groups (broad SMARTS) is 1. The molecule has 0 fully saturated rings. The Balaban J connectivity index is 1.22. The van der Waals surface area contributed by atoms with Crippen LogP contribution in [0.5, 0.6) is 17.2 Å². The summed E-state index contributed by atoms with van der Waals surface area (Å²) in [7, 11) is -26.0. The van der Waals surface area contributed by atoms with Crippen molar-refractivity contribution in [1.29, 1.82) is 0 Å². The number of rotatable bonds is 23. The molecule has 91 heavy (non-hydrogen) atoms. The number of nitro groups is 1. The summed E-state index contributed by atoms with van der Waals surface area (Å²) < 4.78 is 192. The van der Waals surface area contributed by atoms with Crippen molar-refractivity contribution >= 4 is 159 Å². The molecule has 7 aromatic carbocycles. The van der Waals surface area contributed by atoms with Gasteiger partial charge in [0.15, 0.2) is 28.6 Å². The molecule has 0 aliphatic carbocycles. The fourth-order valence-electron chi connectivity index (χ4n) is 7.98. The van der Waals surface area contributed by atoms with Gasteiger partial charge >= 0.3 is 5.97 Å². The summed E-state index contributed by atoms with van der Waals surface area (Å²) in [6, 6.07) is 10.6. The number of anilines is 1. The fourth-order valence-corrected chi connectivity index (χ4v) is 12.2. The van der Waals surface area contributed by atoms with E-state index in [1.807, 2.05) is 0 Å². The Kier molecular flexibility index (Phi) is 19.1. The molecule has 41 nitrogen and oxygen atoms in total. The molecule has 0 atom stereocenters. The number of ether oxygens (including phenoxy) is 1. The van der Waals surface area contributed by atoms with Crippen LogP contribution in [0.4, 0.5) is 56.9 Å². The number of hydrogen-bond donors (Lipinski definition) is 12. The number of hydrogen-bond acceptors (Lipinski definition) is 34. The zero-order valence-corrected chi connectivity index (χ0v) is 49.4. The van der Waals surface area contributed by atoms with Gasteiger partial charge in [0.1, 0.15) is 58.6 Å². The minimum absolute atomic E-state index is 0.0271. The Bertz CT molecular complexity index is 5180. The van der Waals surface area contributed by atoms with Gasteiger partial charge in [-0.05, 0) is 78.9 Å². The number of phenolic OH excluding ortho intramolecular Hbond substituents is 2. The number of aromatic hydroxyl groups is 2. The molecule has 0 saturated heterocycles. The number of nitrogens with one attached hydrogen (secondary N) is 1. The zero-order chi connectivity index (χ0) is 67.0. The van der Waals surface area contributed by atoms with E-state index in [4.69, 9.17) is 21.0 Å². The number of nitro benzene ring substituents is 1. The number of benzene rings is 7. The molecule has 0 aliphatic heterocycles. The van der Waals surface area contributed by atoms with E-state index >= 15 is 0 Å². The second-order valence-electron chi connectivity index (χ2n) is 17.2. The summed E-state index contributed by atoms with van der Waals surface area (Å²) in [5.41, 5.74) is -4.19. The average molecular weight is 1400 g/mol. The molecule has 13 N–H and O–H groups in total. The summed E-state index contributed by atoms with van der Waals surface area (Å²) in [5, 5.41) is 98.0. The van der Waals surface area contributed by atoms with Gasteiger partial charge in [0.25, 0.3) is 61.8 Å². The number of aromatic amines is 1. The minimum Gasteiger partial charge on any atom is -0.505 e. The maximum atomic E-state index is 13.3. The summed E-state index contributed by atoms with van der Waals surface area (Å²) >= 11 is 0.140. The topological polar surface area (TPSA) is 642 Å². The van der Waals surface area contributed by atoms with Gasteiger partial charge in [-0.15, -0.1) is 44.5 Å². The van der Waals surface area contributed by atoms with Crippen LogP contribution in [-0.2, 0) is 69.3 Å². The molecule has 48 heteroatoms. The number of aromatic nitrogens is 2. The molecule has 1 heterocycles. The summed E-state index contributed by atoms with van der Waals surface area (Å²) in [4.78, 5) is 29.5. The van der Waals surface area contributed by atoms with E-state index in [1.165, 1.54) is 0 Å². The van der Waals surface area contributed by atoms with Crippen LogP contribution in [0.3, 0.4) is 0 Å². The Hall–Kier alpha value is -9.45. The van der Waals surface area contributed by atoms with Gasteiger partial charge in [0, 0.05) is 16.2 Å². The van der Waals surface area contributed by atoms with E-state index in [-0.39, 0.29) is 46.1 Å². The number of nitrogens with zero attached hydrogens (tertiary/aromatic N) is 10. The van der Waals surface area contributed by atoms with Crippen LogP contribution < -0.4 is 16.0 Å². The first-order valence-electron chi connectivity index (χ1n) is 23.0. The van der Waals surface area contributed by atoms with Gasteiger partial charge in [-0.2, -0.15) is 47.2 Å². The number of nitrogen functional groups attached to an aromatic ring is 1. The third kappa shape index (κ3) is 14.3. The minimum atomic E-state index is -5.74. The maximum Gasteiger partial charge on any atom is 0.356 e. The molecule has 0 unspecified atom stereocenters. The predicted octanol–water partition coefficient (Wildman–Crippen LogP) is 8.83. The Morgan fingerprint density at radius 2 is 1.16 bits per heavy atom. The highest BCUT2D eigenvalue weighted by molar-refractivity contribution is 7.95.